The van der Waals surface area contributed by atoms with Gasteiger partial charge in [-0.3, -0.25) is 4.79 Å². The number of carbonyl (C=O) groups is 1. The van der Waals surface area contributed by atoms with E-state index in [1.165, 1.54) is 17.4 Å². The predicted molar refractivity (Wildman–Crippen MR) is 64.4 cm³/mol. The highest BCUT2D eigenvalue weighted by atomic mass is 32.1. The third kappa shape index (κ3) is 2.68. The quantitative estimate of drug-likeness (QED) is 0.910. The number of rotatable bonds is 3. The van der Waals surface area contributed by atoms with Gasteiger partial charge in [0.25, 0.3) is 5.91 Å². The zero-order chi connectivity index (χ0) is 12.3. The van der Waals surface area contributed by atoms with Crippen LogP contribution in [0.15, 0.2) is 35.2 Å². The van der Waals surface area contributed by atoms with E-state index in [1.54, 1.807) is 36.0 Å². The molecule has 1 aromatic heterocycles. The SMILES string of the molecule is CC(NC(=O)c1cscn1)c1ccccc1F. The van der Waals surface area contributed by atoms with Gasteiger partial charge in [-0.1, -0.05) is 18.2 Å². The first-order valence-electron chi connectivity index (χ1n) is 5.12. The largest absolute Gasteiger partial charge is 0.344 e. The third-order valence-corrected chi connectivity index (χ3v) is 2.97. The Bertz CT molecular complexity index is 513. The van der Waals surface area contributed by atoms with Crippen molar-refractivity contribution in [3.63, 3.8) is 0 Å². The van der Waals surface area contributed by atoms with Crippen LogP contribution < -0.4 is 5.32 Å². The second-order valence-electron chi connectivity index (χ2n) is 3.59. The van der Waals surface area contributed by atoms with Crippen molar-refractivity contribution >= 4 is 17.2 Å². The van der Waals surface area contributed by atoms with Gasteiger partial charge in [0.05, 0.1) is 11.6 Å². The fourth-order valence-electron chi connectivity index (χ4n) is 1.50. The number of benzene rings is 1. The number of halogens is 1. The molecule has 3 nitrogen and oxygen atoms in total. The minimum atomic E-state index is -0.384. The van der Waals surface area contributed by atoms with Crippen LogP contribution in [0, 0.1) is 5.82 Å². The van der Waals surface area contributed by atoms with E-state index in [0.29, 0.717) is 11.3 Å². The van der Waals surface area contributed by atoms with Crippen LogP contribution in [-0.4, -0.2) is 10.9 Å². The van der Waals surface area contributed by atoms with E-state index < -0.39 is 0 Å². The van der Waals surface area contributed by atoms with Crippen molar-refractivity contribution in [2.75, 3.05) is 0 Å². The van der Waals surface area contributed by atoms with Gasteiger partial charge in [-0.15, -0.1) is 11.3 Å². The van der Waals surface area contributed by atoms with Gasteiger partial charge in [0.1, 0.15) is 11.5 Å². The molecule has 0 radical (unpaired) electrons. The number of hydrogen-bond acceptors (Lipinski definition) is 3. The third-order valence-electron chi connectivity index (χ3n) is 2.38. The number of carbonyl (C=O) groups excluding carboxylic acids is 1. The highest BCUT2D eigenvalue weighted by Crippen LogP contribution is 2.16. The van der Waals surface area contributed by atoms with E-state index in [2.05, 4.69) is 10.3 Å². The molecular weight excluding hydrogens is 239 g/mol. The molecule has 0 bridgehead atoms. The Kier molecular flexibility index (Phi) is 3.49. The highest BCUT2D eigenvalue weighted by Gasteiger charge is 2.15. The van der Waals surface area contributed by atoms with Gasteiger partial charge in [0.15, 0.2) is 0 Å². The summed E-state index contributed by atoms with van der Waals surface area (Å²) in [5.74, 6) is -0.611. The Labute approximate surface area is 102 Å². The zero-order valence-corrected chi connectivity index (χ0v) is 10.00. The first-order valence-corrected chi connectivity index (χ1v) is 6.06. The fourth-order valence-corrected chi connectivity index (χ4v) is 2.03. The van der Waals surface area contributed by atoms with Crippen LogP contribution >= 0.6 is 11.3 Å². The number of amides is 1. The lowest BCUT2D eigenvalue weighted by atomic mass is 10.1. The minimum absolute atomic E-state index is 0.290. The summed E-state index contributed by atoms with van der Waals surface area (Å²) in [5, 5.41) is 4.36. The summed E-state index contributed by atoms with van der Waals surface area (Å²) in [4.78, 5) is 15.6. The van der Waals surface area contributed by atoms with Crippen LogP contribution in [0.5, 0.6) is 0 Å². The average Bonchev–Trinajstić information content (AvgIpc) is 2.82. The van der Waals surface area contributed by atoms with Gasteiger partial charge in [-0.2, -0.15) is 0 Å². The van der Waals surface area contributed by atoms with E-state index in [4.69, 9.17) is 0 Å². The number of thiazole rings is 1. The number of aromatic nitrogens is 1. The predicted octanol–water partition coefficient (Wildman–Crippen LogP) is 2.77. The molecule has 0 aliphatic carbocycles. The summed E-state index contributed by atoms with van der Waals surface area (Å²) in [6.07, 6.45) is 0. The molecule has 0 saturated carbocycles. The van der Waals surface area contributed by atoms with Crippen molar-refractivity contribution in [1.29, 1.82) is 0 Å². The van der Waals surface area contributed by atoms with Gasteiger partial charge in [-0.25, -0.2) is 9.37 Å². The van der Waals surface area contributed by atoms with Gasteiger partial charge in [-0.05, 0) is 13.0 Å². The number of hydrogen-bond donors (Lipinski definition) is 1. The topological polar surface area (TPSA) is 42.0 Å². The van der Waals surface area contributed by atoms with Gasteiger partial charge < -0.3 is 5.32 Å². The van der Waals surface area contributed by atoms with E-state index >= 15 is 0 Å². The molecule has 88 valence electrons. The lowest BCUT2D eigenvalue weighted by Crippen LogP contribution is -2.27. The molecule has 0 saturated heterocycles. The average molecular weight is 250 g/mol. The molecule has 5 heteroatoms. The molecule has 2 rings (SSSR count). The maximum absolute atomic E-state index is 13.5. The Morgan fingerprint density at radius 3 is 2.88 bits per heavy atom. The number of nitrogens with zero attached hydrogens (tertiary/aromatic N) is 1. The van der Waals surface area contributed by atoms with E-state index in [1.807, 2.05) is 0 Å². The molecule has 1 amide bonds. The lowest BCUT2D eigenvalue weighted by molar-refractivity contribution is 0.0935. The molecule has 0 aliphatic heterocycles. The van der Waals surface area contributed by atoms with Crippen LogP contribution in [0.4, 0.5) is 4.39 Å². The second kappa shape index (κ2) is 5.05. The Hall–Kier alpha value is -1.75. The lowest BCUT2D eigenvalue weighted by Gasteiger charge is -2.14. The maximum Gasteiger partial charge on any atom is 0.271 e. The van der Waals surface area contributed by atoms with Crippen molar-refractivity contribution in [2.24, 2.45) is 0 Å². The molecule has 1 atom stereocenters. The normalized spacial score (nSPS) is 12.1. The van der Waals surface area contributed by atoms with Crippen molar-refractivity contribution in [1.82, 2.24) is 10.3 Å². The second-order valence-corrected chi connectivity index (χ2v) is 4.31. The van der Waals surface area contributed by atoms with Crippen LogP contribution in [0.2, 0.25) is 0 Å². The molecule has 1 unspecified atom stereocenters. The Morgan fingerprint density at radius 2 is 2.24 bits per heavy atom. The summed E-state index contributed by atoms with van der Waals surface area (Å²) >= 11 is 1.35. The minimum Gasteiger partial charge on any atom is -0.344 e. The molecule has 2 aromatic rings. The van der Waals surface area contributed by atoms with Crippen LogP contribution in [0.3, 0.4) is 0 Å². The molecule has 1 heterocycles. The van der Waals surface area contributed by atoms with Crippen LogP contribution in [0.1, 0.15) is 29.0 Å². The molecule has 0 aliphatic rings. The molecule has 1 aromatic carbocycles. The van der Waals surface area contributed by atoms with E-state index in [0.717, 1.165) is 0 Å². The summed E-state index contributed by atoms with van der Waals surface area (Å²) < 4.78 is 13.5. The fraction of sp³-hybridized carbons (Fsp3) is 0.167. The summed E-state index contributed by atoms with van der Waals surface area (Å²) in [6.45, 7) is 1.74. The van der Waals surface area contributed by atoms with Gasteiger partial charge >= 0.3 is 0 Å². The Balaban J connectivity index is 2.10. The maximum atomic E-state index is 13.5. The molecule has 1 N–H and O–H groups in total. The van der Waals surface area contributed by atoms with Crippen molar-refractivity contribution in [3.05, 3.63) is 52.2 Å². The monoisotopic (exact) mass is 250 g/mol. The van der Waals surface area contributed by atoms with Gasteiger partial charge in [0, 0.05) is 10.9 Å². The zero-order valence-electron chi connectivity index (χ0n) is 9.18. The van der Waals surface area contributed by atoms with Gasteiger partial charge in [0.2, 0.25) is 0 Å². The summed E-state index contributed by atoms with van der Waals surface area (Å²) in [5.41, 5.74) is 2.41. The molecule has 0 spiro atoms. The Morgan fingerprint density at radius 1 is 1.47 bits per heavy atom. The van der Waals surface area contributed by atoms with Crippen molar-refractivity contribution in [2.45, 2.75) is 13.0 Å². The first-order chi connectivity index (χ1) is 8.18. The highest BCUT2D eigenvalue weighted by molar-refractivity contribution is 7.07. The molecule has 17 heavy (non-hydrogen) atoms. The number of nitrogens with one attached hydrogen (secondary N) is 1. The summed E-state index contributed by atoms with van der Waals surface area (Å²) in [6, 6.07) is 6.00. The summed E-state index contributed by atoms with van der Waals surface area (Å²) in [7, 11) is 0. The van der Waals surface area contributed by atoms with E-state index in [9.17, 15) is 9.18 Å². The first kappa shape index (κ1) is 11.7. The van der Waals surface area contributed by atoms with Crippen LogP contribution in [0.25, 0.3) is 0 Å². The smallest absolute Gasteiger partial charge is 0.271 e. The standard InChI is InChI=1S/C12H11FN2OS/c1-8(9-4-2-3-5-10(9)13)15-12(16)11-6-17-7-14-11/h2-8H,1H3,(H,15,16). The van der Waals surface area contributed by atoms with Crippen molar-refractivity contribution in [3.8, 4) is 0 Å². The molecule has 0 fully saturated rings. The van der Waals surface area contributed by atoms with E-state index in [-0.39, 0.29) is 17.8 Å². The van der Waals surface area contributed by atoms with Crippen molar-refractivity contribution < 1.29 is 9.18 Å². The molecular formula is C12H11FN2OS. The van der Waals surface area contributed by atoms with Crippen LogP contribution in [-0.2, 0) is 0 Å².